The van der Waals surface area contributed by atoms with Crippen LogP contribution in [0.1, 0.15) is 12.8 Å². The lowest BCUT2D eigenvalue weighted by Gasteiger charge is -2.36. The van der Waals surface area contributed by atoms with Gasteiger partial charge in [-0.25, -0.2) is 4.98 Å². The summed E-state index contributed by atoms with van der Waals surface area (Å²) in [5.74, 6) is 0.506. The van der Waals surface area contributed by atoms with E-state index in [9.17, 15) is 4.79 Å². The van der Waals surface area contributed by atoms with E-state index in [-0.39, 0.29) is 5.91 Å². The molecule has 26 heavy (non-hydrogen) atoms. The Labute approximate surface area is 152 Å². The summed E-state index contributed by atoms with van der Waals surface area (Å²) in [7, 11) is 0. The zero-order valence-electron chi connectivity index (χ0n) is 14.7. The van der Waals surface area contributed by atoms with Crippen molar-refractivity contribution in [1.82, 2.24) is 20.1 Å². The summed E-state index contributed by atoms with van der Waals surface area (Å²) in [5, 5.41) is 10.6. The fraction of sp³-hybridized carbons (Fsp3) is 0.500. The number of nitrogens with one attached hydrogen (secondary N) is 2. The number of morpholine rings is 1. The second-order valence-corrected chi connectivity index (χ2v) is 6.69. The number of hydrogen-bond donors (Lipinski definition) is 2. The average Bonchev–Trinajstić information content (AvgIpc) is 3.25. The van der Waals surface area contributed by atoms with E-state index in [2.05, 4.69) is 25.6 Å². The van der Waals surface area contributed by atoms with Gasteiger partial charge in [-0.2, -0.15) is 5.10 Å². The molecule has 0 atom stereocenters. The van der Waals surface area contributed by atoms with Crippen LogP contribution in [0.2, 0.25) is 0 Å². The summed E-state index contributed by atoms with van der Waals surface area (Å²) < 4.78 is 7.16. The maximum Gasteiger partial charge on any atom is 0.253 e. The van der Waals surface area contributed by atoms with E-state index in [0.29, 0.717) is 18.7 Å². The van der Waals surface area contributed by atoms with Gasteiger partial charge in [0.15, 0.2) is 0 Å². The number of hydrogen-bond acceptors (Lipinski definition) is 6. The number of ether oxygens (including phenoxy) is 1. The largest absolute Gasteiger partial charge is 0.378 e. The molecule has 0 bridgehead atoms. The Hall–Kier alpha value is -2.45. The van der Waals surface area contributed by atoms with Crippen LogP contribution in [0.4, 0.5) is 11.5 Å². The van der Waals surface area contributed by atoms with Crippen LogP contribution in [0.5, 0.6) is 0 Å². The number of piperidine rings is 1. The van der Waals surface area contributed by atoms with Gasteiger partial charge in [-0.1, -0.05) is 0 Å². The number of carbonyl (C=O) groups excluding carboxylic acids is 1. The maximum atomic E-state index is 13.1. The summed E-state index contributed by atoms with van der Waals surface area (Å²) in [6, 6.07) is 5.71. The molecule has 2 saturated heterocycles. The van der Waals surface area contributed by atoms with Gasteiger partial charge < -0.3 is 20.3 Å². The van der Waals surface area contributed by atoms with Crippen molar-refractivity contribution in [2.24, 2.45) is 0 Å². The molecule has 2 N–H and O–H groups in total. The highest BCUT2D eigenvalue weighted by Crippen LogP contribution is 2.28. The van der Waals surface area contributed by atoms with E-state index < -0.39 is 5.54 Å². The van der Waals surface area contributed by atoms with Crippen LogP contribution in [0.25, 0.3) is 0 Å². The Morgan fingerprint density at radius 3 is 2.69 bits per heavy atom. The molecule has 2 fully saturated rings. The SMILES string of the molecule is O=C(Nc1ccc(N2CCOCC2)cn1)C1(n2cccn2)CCNCC1. The lowest BCUT2D eigenvalue weighted by atomic mass is 9.87. The van der Waals surface area contributed by atoms with E-state index in [0.717, 1.165) is 45.1 Å². The standard InChI is InChI=1S/C18H24N6O2/c25-17(18(4-7-19-8-5-18)24-9-1-6-21-24)22-16-3-2-15(14-20-16)23-10-12-26-13-11-23/h1-3,6,9,14,19H,4-5,7-8,10-13H2,(H,20,22,25). The summed E-state index contributed by atoms with van der Waals surface area (Å²) in [6.07, 6.45) is 6.79. The summed E-state index contributed by atoms with van der Waals surface area (Å²) in [6.45, 7) is 4.77. The van der Waals surface area contributed by atoms with Crippen LogP contribution in [-0.2, 0) is 15.1 Å². The van der Waals surface area contributed by atoms with Gasteiger partial charge in [0.25, 0.3) is 5.91 Å². The van der Waals surface area contributed by atoms with Gasteiger partial charge in [-0.3, -0.25) is 9.48 Å². The molecule has 1 amide bonds. The number of aromatic nitrogens is 3. The molecule has 4 heterocycles. The normalized spacial score (nSPS) is 19.9. The van der Waals surface area contributed by atoms with Gasteiger partial charge >= 0.3 is 0 Å². The third-order valence-electron chi connectivity index (χ3n) is 5.16. The predicted molar refractivity (Wildman–Crippen MR) is 98.2 cm³/mol. The number of anilines is 2. The number of amides is 1. The van der Waals surface area contributed by atoms with Gasteiger partial charge in [0, 0.05) is 25.5 Å². The average molecular weight is 356 g/mol. The Kier molecular flexibility index (Phi) is 4.85. The third kappa shape index (κ3) is 3.30. The van der Waals surface area contributed by atoms with Crippen molar-refractivity contribution in [3.63, 3.8) is 0 Å². The number of carbonyl (C=O) groups is 1. The molecule has 0 aliphatic carbocycles. The fourth-order valence-corrected chi connectivity index (χ4v) is 3.62. The van der Waals surface area contributed by atoms with E-state index in [1.807, 2.05) is 30.6 Å². The van der Waals surface area contributed by atoms with Crippen LogP contribution in [0.3, 0.4) is 0 Å². The molecule has 2 aromatic rings. The molecule has 0 spiro atoms. The van der Waals surface area contributed by atoms with Crippen molar-refractivity contribution in [3.05, 3.63) is 36.8 Å². The molecular weight excluding hydrogens is 332 g/mol. The first-order valence-electron chi connectivity index (χ1n) is 9.09. The molecule has 2 aliphatic heterocycles. The van der Waals surface area contributed by atoms with Gasteiger partial charge in [0.2, 0.25) is 0 Å². The first kappa shape index (κ1) is 17.0. The second-order valence-electron chi connectivity index (χ2n) is 6.69. The molecular formula is C18H24N6O2. The van der Waals surface area contributed by atoms with Crippen molar-refractivity contribution < 1.29 is 9.53 Å². The number of pyridine rings is 1. The van der Waals surface area contributed by atoms with E-state index in [4.69, 9.17) is 4.74 Å². The van der Waals surface area contributed by atoms with Gasteiger partial charge in [0.05, 0.1) is 25.1 Å². The monoisotopic (exact) mass is 356 g/mol. The minimum absolute atomic E-state index is 0.0608. The van der Waals surface area contributed by atoms with E-state index >= 15 is 0 Å². The Bertz CT molecular complexity index is 719. The van der Waals surface area contributed by atoms with Gasteiger partial charge in [-0.15, -0.1) is 0 Å². The van der Waals surface area contributed by atoms with Gasteiger partial charge in [0.1, 0.15) is 11.4 Å². The Morgan fingerprint density at radius 2 is 2.04 bits per heavy atom. The van der Waals surface area contributed by atoms with Crippen molar-refractivity contribution in [2.75, 3.05) is 49.6 Å². The van der Waals surface area contributed by atoms with Crippen molar-refractivity contribution >= 4 is 17.4 Å². The molecule has 8 nitrogen and oxygen atoms in total. The summed E-state index contributed by atoms with van der Waals surface area (Å²) >= 11 is 0. The molecule has 4 rings (SSSR count). The zero-order chi connectivity index (χ0) is 17.8. The summed E-state index contributed by atoms with van der Waals surface area (Å²) in [4.78, 5) is 19.8. The second kappa shape index (κ2) is 7.43. The highest BCUT2D eigenvalue weighted by Gasteiger charge is 2.42. The molecule has 2 aliphatic rings. The van der Waals surface area contributed by atoms with Crippen molar-refractivity contribution in [1.29, 1.82) is 0 Å². The first-order valence-corrected chi connectivity index (χ1v) is 9.09. The minimum atomic E-state index is -0.667. The quantitative estimate of drug-likeness (QED) is 0.844. The van der Waals surface area contributed by atoms with Crippen LogP contribution >= 0.6 is 0 Å². The van der Waals surface area contributed by atoms with Crippen LogP contribution in [0, 0.1) is 0 Å². The van der Waals surface area contributed by atoms with Gasteiger partial charge in [-0.05, 0) is 44.1 Å². The van der Waals surface area contributed by atoms with Crippen molar-refractivity contribution in [3.8, 4) is 0 Å². The minimum Gasteiger partial charge on any atom is -0.378 e. The van der Waals surface area contributed by atoms with E-state index in [1.165, 1.54) is 0 Å². The molecule has 0 aromatic carbocycles. The van der Waals surface area contributed by atoms with Crippen LogP contribution in [0.15, 0.2) is 36.8 Å². The summed E-state index contributed by atoms with van der Waals surface area (Å²) in [5.41, 5.74) is 0.384. The molecule has 0 saturated carbocycles. The third-order valence-corrected chi connectivity index (χ3v) is 5.16. The topological polar surface area (TPSA) is 84.3 Å². The molecule has 8 heteroatoms. The molecule has 2 aromatic heterocycles. The lowest BCUT2D eigenvalue weighted by Crippen LogP contribution is -2.52. The lowest BCUT2D eigenvalue weighted by molar-refractivity contribution is -0.126. The zero-order valence-corrected chi connectivity index (χ0v) is 14.7. The Morgan fingerprint density at radius 1 is 1.23 bits per heavy atom. The number of nitrogens with zero attached hydrogens (tertiary/aromatic N) is 4. The first-order chi connectivity index (χ1) is 12.8. The maximum absolute atomic E-state index is 13.1. The molecule has 138 valence electrons. The van der Waals surface area contributed by atoms with E-state index in [1.54, 1.807) is 10.9 Å². The highest BCUT2D eigenvalue weighted by atomic mass is 16.5. The number of rotatable bonds is 4. The highest BCUT2D eigenvalue weighted by molar-refractivity contribution is 5.96. The van der Waals surface area contributed by atoms with Crippen LogP contribution in [-0.4, -0.2) is 60.1 Å². The van der Waals surface area contributed by atoms with Crippen molar-refractivity contribution in [2.45, 2.75) is 18.4 Å². The van der Waals surface area contributed by atoms with Crippen LogP contribution < -0.4 is 15.5 Å². The predicted octanol–water partition coefficient (Wildman–Crippen LogP) is 0.832. The smallest absolute Gasteiger partial charge is 0.253 e. The fourth-order valence-electron chi connectivity index (χ4n) is 3.62. The Balaban J connectivity index is 1.49. The molecule has 0 unspecified atom stereocenters. The molecule has 0 radical (unpaired) electrons.